The standard InChI is InChI=1S/C15H17F3N2O3/c1-23-15(22)9-4-6-20(7-5-9)8-12(21)19-11-3-2-10(16)13(17)14(11)18/h2-3,9H,4-8H2,1H3,(H,19,21). The molecule has 0 unspecified atom stereocenters. The fourth-order valence-electron chi connectivity index (χ4n) is 2.51. The lowest BCUT2D eigenvalue weighted by Gasteiger charge is -2.29. The normalized spacial score (nSPS) is 16.2. The monoisotopic (exact) mass is 330 g/mol. The Labute approximate surface area is 131 Å². The molecular weight excluding hydrogens is 313 g/mol. The fraction of sp³-hybridized carbons (Fsp3) is 0.467. The first kappa shape index (κ1) is 17.3. The molecular formula is C15H17F3N2O3. The summed E-state index contributed by atoms with van der Waals surface area (Å²) in [5, 5.41) is 2.22. The van der Waals surface area contributed by atoms with E-state index < -0.39 is 29.0 Å². The Kier molecular flexibility index (Phi) is 5.59. The van der Waals surface area contributed by atoms with E-state index in [-0.39, 0.29) is 18.4 Å². The Balaban J connectivity index is 1.87. The number of nitrogens with one attached hydrogen (secondary N) is 1. The molecule has 0 atom stereocenters. The van der Waals surface area contributed by atoms with Gasteiger partial charge in [0.1, 0.15) is 0 Å². The van der Waals surface area contributed by atoms with Gasteiger partial charge in [0, 0.05) is 0 Å². The highest BCUT2D eigenvalue weighted by Crippen LogP contribution is 2.21. The number of anilines is 1. The lowest BCUT2D eigenvalue weighted by molar-refractivity contribution is -0.147. The molecule has 126 valence electrons. The van der Waals surface area contributed by atoms with Gasteiger partial charge in [0.15, 0.2) is 17.5 Å². The van der Waals surface area contributed by atoms with Crippen LogP contribution in [0.15, 0.2) is 12.1 Å². The van der Waals surface area contributed by atoms with Crippen LogP contribution in [0, 0.1) is 23.4 Å². The second-order valence-corrected chi connectivity index (χ2v) is 5.34. The Bertz CT molecular complexity index is 602. The Morgan fingerprint density at radius 1 is 1.22 bits per heavy atom. The third-order valence-electron chi connectivity index (χ3n) is 3.80. The van der Waals surface area contributed by atoms with E-state index >= 15 is 0 Å². The van der Waals surface area contributed by atoms with Crippen molar-refractivity contribution in [2.24, 2.45) is 5.92 Å². The molecule has 0 radical (unpaired) electrons. The number of halogens is 3. The zero-order valence-electron chi connectivity index (χ0n) is 12.6. The minimum absolute atomic E-state index is 0.0215. The summed E-state index contributed by atoms with van der Waals surface area (Å²) in [6.45, 7) is 1.02. The van der Waals surface area contributed by atoms with Crippen molar-refractivity contribution in [1.82, 2.24) is 4.90 Å². The van der Waals surface area contributed by atoms with Crippen LogP contribution in [0.4, 0.5) is 18.9 Å². The molecule has 1 aliphatic rings. The average molecular weight is 330 g/mol. The van der Waals surface area contributed by atoms with Crippen LogP contribution < -0.4 is 5.32 Å². The lowest BCUT2D eigenvalue weighted by Crippen LogP contribution is -2.41. The number of hydrogen-bond donors (Lipinski definition) is 1. The molecule has 23 heavy (non-hydrogen) atoms. The van der Waals surface area contributed by atoms with Crippen molar-refractivity contribution in [2.45, 2.75) is 12.8 Å². The maximum atomic E-state index is 13.5. The number of piperidine rings is 1. The third-order valence-corrected chi connectivity index (χ3v) is 3.80. The fourth-order valence-corrected chi connectivity index (χ4v) is 2.51. The molecule has 1 aromatic rings. The quantitative estimate of drug-likeness (QED) is 0.677. The molecule has 1 heterocycles. The number of amides is 1. The summed E-state index contributed by atoms with van der Waals surface area (Å²) in [5.41, 5.74) is -0.404. The SMILES string of the molecule is COC(=O)C1CCN(CC(=O)Nc2ccc(F)c(F)c2F)CC1. The van der Waals surface area contributed by atoms with Crippen molar-refractivity contribution < 1.29 is 27.5 Å². The van der Waals surface area contributed by atoms with E-state index in [1.807, 2.05) is 0 Å². The number of ether oxygens (including phenoxy) is 1. The van der Waals surface area contributed by atoms with Crippen molar-refractivity contribution in [3.8, 4) is 0 Å². The van der Waals surface area contributed by atoms with Crippen LogP contribution in [-0.2, 0) is 14.3 Å². The molecule has 0 spiro atoms. The molecule has 1 amide bonds. The van der Waals surface area contributed by atoms with Gasteiger partial charge in [-0.05, 0) is 38.1 Å². The van der Waals surface area contributed by atoms with Crippen molar-refractivity contribution in [1.29, 1.82) is 0 Å². The summed E-state index contributed by atoms with van der Waals surface area (Å²) < 4.78 is 44.1. The van der Waals surface area contributed by atoms with E-state index in [0.29, 0.717) is 25.9 Å². The minimum Gasteiger partial charge on any atom is -0.469 e. The number of esters is 1. The number of hydrogen-bond acceptors (Lipinski definition) is 4. The number of likely N-dealkylation sites (tertiary alicyclic amines) is 1. The van der Waals surface area contributed by atoms with Crippen LogP contribution in [-0.4, -0.2) is 43.5 Å². The summed E-state index contributed by atoms with van der Waals surface area (Å²) in [6.07, 6.45) is 1.14. The molecule has 8 heteroatoms. The van der Waals surface area contributed by atoms with Crippen LogP contribution >= 0.6 is 0 Å². The maximum absolute atomic E-state index is 13.5. The third kappa shape index (κ3) is 4.22. The molecule has 1 N–H and O–H groups in total. The molecule has 5 nitrogen and oxygen atoms in total. The van der Waals surface area contributed by atoms with Crippen LogP contribution in [0.1, 0.15) is 12.8 Å². The highest BCUT2D eigenvalue weighted by Gasteiger charge is 2.26. The molecule has 0 bridgehead atoms. The van der Waals surface area contributed by atoms with Gasteiger partial charge in [0.05, 0.1) is 25.3 Å². The zero-order valence-corrected chi connectivity index (χ0v) is 12.6. The predicted octanol–water partition coefficient (Wildman–Crippen LogP) is 1.93. The molecule has 1 fully saturated rings. The average Bonchev–Trinajstić information content (AvgIpc) is 2.55. The molecule has 0 saturated carbocycles. The van der Waals surface area contributed by atoms with Crippen molar-refractivity contribution in [3.05, 3.63) is 29.6 Å². The van der Waals surface area contributed by atoms with Gasteiger partial charge in [-0.25, -0.2) is 13.2 Å². The van der Waals surface area contributed by atoms with E-state index in [4.69, 9.17) is 0 Å². The van der Waals surface area contributed by atoms with E-state index in [9.17, 15) is 22.8 Å². The second kappa shape index (κ2) is 7.45. The van der Waals surface area contributed by atoms with Gasteiger partial charge in [0.2, 0.25) is 5.91 Å². The molecule has 1 aliphatic heterocycles. The van der Waals surface area contributed by atoms with Crippen LogP contribution in [0.3, 0.4) is 0 Å². The van der Waals surface area contributed by atoms with E-state index in [1.165, 1.54) is 7.11 Å². The maximum Gasteiger partial charge on any atom is 0.308 e. The second-order valence-electron chi connectivity index (χ2n) is 5.34. The van der Waals surface area contributed by atoms with Gasteiger partial charge >= 0.3 is 5.97 Å². The van der Waals surface area contributed by atoms with Crippen LogP contribution in [0.25, 0.3) is 0 Å². The summed E-state index contributed by atoms with van der Waals surface area (Å²) >= 11 is 0. The number of carbonyl (C=O) groups is 2. The topological polar surface area (TPSA) is 58.6 Å². The van der Waals surface area contributed by atoms with Gasteiger partial charge in [-0.1, -0.05) is 0 Å². The van der Waals surface area contributed by atoms with Gasteiger partial charge in [0.25, 0.3) is 0 Å². The number of rotatable bonds is 4. The summed E-state index contributed by atoms with van der Waals surface area (Å²) in [7, 11) is 1.33. The van der Waals surface area contributed by atoms with Crippen LogP contribution in [0.2, 0.25) is 0 Å². The highest BCUT2D eigenvalue weighted by atomic mass is 19.2. The molecule has 1 saturated heterocycles. The molecule has 0 aliphatic carbocycles. The Morgan fingerprint density at radius 2 is 1.87 bits per heavy atom. The molecule has 0 aromatic heterocycles. The van der Waals surface area contributed by atoms with Gasteiger partial charge < -0.3 is 10.1 Å². The largest absolute Gasteiger partial charge is 0.469 e. The first-order chi connectivity index (χ1) is 10.9. The van der Waals surface area contributed by atoms with E-state index in [2.05, 4.69) is 10.1 Å². The summed E-state index contributed by atoms with van der Waals surface area (Å²) in [6, 6.07) is 1.71. The highest BCUT2D eigenvalue weighted by molar-refractivity contribution is 5.92. The Hall–Kier alpha value is -2.09. The number of benzene rings is 1. The first-order valence-corrected chi connectivity index (χ1v) is 7.16. The molecule has 1 aromatic carbocycles. The number of methoxy groups -OCH3 is 1. The van der Waals surface area contributed by atoms with Gasteiger partial charge in [-0.2, -0.15) is 0 Å². The van der Waals surface area contributed by atoms with Gasteiger partial charge in [-0.3, -0.25) is 14.5 Å². The van der Waals surface area contributed by atoms with Gasteiger partial charge in [-0.15, -0.1) is 0 Å². The summed E-state index contributed by atoms with van der Waals surface area (Å²) in [4.78, 5) is 25.1. The number of nitrogens with zero attached hydrogens (tertiary/aromatic N) is 1. The minimum atomic E-state index is -1.62. The molecule has 2 rings (SSSR count). The van der Waals surface area contributed by atoms with E-state index in [0.717, 1.165) is 12.1 Å². The van der Waals surface area contributed by atoms with Crippen molar-refractivity contribution in [2.75, 3.05) is 32.1 Å². The van der Waals surface area contributed by atoms with Crippen molar-refractivity contribution >= 4 is 17.6 Å². The first-order valence-electron chi connectivity index (χ1n) is 7.16. The van der Waals surface area contributed by atoms with E-state index in [1.54, 1.807) is 4.90 Å². The smallest absolute Gasteiger partial charge is 0.308 e. The Morgan fingerprint density at radius 3 is 2.48 bits per heavy atom. The lowest BCUT2D eigenvalue weighted by atomic mass is 9.97. The predicted molar refractivity (Wildman–Crippen MR) is 76.1 cm³/mol. The van der Waals surface area contributed by atoms with Crippen LogP contribution in [0.5, 0.6) is 0 Å². The van der Waals surface area contributed by atoms with Crippen molar-refractivity contribution in [3.63, 3.8) is 0 Å². The summed E-state index contributed by atoms with van der Waals surface area (Å²) in [5.74, 6) is -5.35. The number of carbonyl (C=O) groups excluding carboxylic acids is 2. The zero-order chi connectivity index (χ0) is 17.0.